The Kier molecular flexibility index (Phi) is 5.52. The van der Waals surface area contributed by atoms with Gasteiger partial charge in [-0.3, -0.25) is 4.79 Å². The molecule has 0 saturated carbocycles. The van der Waals surface area contributed by atoms with Gasteiger partial charge >= 0.3 is 0 Å². The SMILES string of the molecule is Cc1nn(-c2ccccc2)c(Cl)c1/C=C(\C#N)C(=O)Nc1ccc(F)cc1F. The number of anilines is 1. The van der Waals surface area contributed by atoms with E-state index in [4.69, 9.17) is 11.6 Å². The fraction of sp³-hybridized carbons (Fsp3) is 0.0500. The van der Waals surface area contributed by atoms with Crippen LogP contribution in [0.15, 0.2) is 54.1 Å². The van der Waals surface area contributed by atoms with Gasteiger partial charge in [0.15, 0.2) is 0 Å². The van der Waals surface area contributed by atoms with Gasteiger partial charge in [-0.15, -0.1) is 0 Å². The van der Waals surface area contributed by atoms with Gasteiger partial charge in [-0.25, -0.2) is 13.5 Å². The van der Waals surface area contributed by atoms with Crippen LogP contribution >= 0.6 is 11.6 Å². The van der Waals surface area contributed by atoms with Crippen molar-refractivity contribution in [1.82, 2.24) is 9.78 Å². The maximum atomic E-state index is 13.7. The number of halogens is 3. The molecule has 140 valence electrons. The van der Waals surface area contributed by atoms with Crippen LogP contribution in [-0.4, -0.2) is 15.7 Å². The third kappa shape index (κ3) is 3.92. The first kappa shape index (κ1) is 19.3. The minimum atomic E-state index is -0.947. The minimum Gasteiger partial charge on any atom is -0.319 e. The summed E-state index contributed by atoms with van der Waals surface area (Å²) < 4.78 is 28.2. The third-order valence-corrected chi connectivity index (χ3v) is 4.25. The second kappa shape index (κ2) is 8.03. The molecule has 0 spiro atoms. The molecule has 0 unspecified atom stereocenters. The molecule has 0 aliphatic heterocycles. The monoisotopic (exact) mass is 398 g/mol. The van der Waals surface area contributed by atoms with Gasteiger partial charge in [0.25, 0.3) is 5.91 Å². The first-order valence-corrected chi connectivity index (χ1v) is 8.47. The third-order valence-electron chi connectivity index (χ3n) is 3.88. The van der Waals surface area contributed by atoms with E-state index >= 15 is 0 Å². The number of carbonyl (C=O) groups is 1. The highest BCUT2D eigenvalue weighted by molar-refractivity contribution is 6.31. The van der Waals surface area contributed by atoms with Crippen molar-refractivity contribution in [2.75, 3.05) is 5.32 Å². The molecule has 0 radical (unpaired) electrons. The Morgan fingerprint density at radius 1 is 1.25 bits per heavy atom. The Labute approximate surface area is 164 Å². The first-order chi connectivity index (χ1) is 13.4. The van der Waals surface area contributed by atoms with Crippen molar-refractivity contribution in [3.05, 3.63) is 82.1 Å². The molecule has 0 atom stereocenters. The molecular formula is C20H13ClF2N4O. The number of benzene rings is 2. The summed E-state index contributed by atoms with van der Waals surface area (Å²) in [6.45, 7) is 1.68. The number of carbonyl (C=O) groups excluding carboxylic acids is 1. The van der Waals surface area contributed by atoms with Crippen molar-refractivity contribution in [3.8, 4) is 11.8 Å². The van der Waals surface area contributed by atoms with E-state index in [1.807, 2.05) is 18.2 Å². The molecule has 0 aliphatic carbocycles. The van der Waals surface area contributed by atoms with Crippen LogP contribution in [0.3, 0.4) is 0 Å². The van der Waals surface area contributed by atoms with Crippen LogP contribution < -0.4 is 5.32 Å². The highest BCUT2D eigenvalue weighted by atomic mass is 35.5. The van der Waals surface area contributed by atoms with Crippen molar-refractivity contribution in [2.45, 2.75) is 6.92 Å². The number of nitrogens with zero attached hydrogens (tertiary/aromatic N) is 3. The van der Waals surface area contributed by atoms with Crippen molar-refractivity contribution in [2.24, 2.45) is 0 Å². The fourth-order valence-electron chi connectivity index (χ4n) is 2.49. The predicted octanol–water partition coefficient (Wildman–Crippen LogP) is 4.66. The fourth-order valence-corrected chi connectivity index (χ4v) is 2.82. The summed E-state index contributed by atoms with van der Waals surface area (Å²) in [5, 5.41) is 16.1. The molecule has 0 aliphatic rings. The highest BCUT2D eigenvalue weighted by Crippen LogP contribution is 2.26. The zero-order valence-corrected chi connectivity index (χ0v) is 15.3. The van der Waals surface area contributed by atoms with E-state index in [0.29, 0.717) is 23.0 Å². The van der Waals surface area contributed by atoms with Crippen LogP contribution in [0.2, 0.25) is 5.15 Å². The molecule has 28 heavy (non-hydrogen) atoms. The Hall–Kier alpha value is -3.50. The summed E-state index contributed by atoms with van der Waals surface area (Å²) in [6, 6.07) is 13.6. The highest BCUT2D eigenvalue weighted by Gasteiger charge is 2.17. The van der Waals surface area contributed by atoms with Gasteiger partial charge in [0.05, 0.1) is 17.1 Å². The molecule has 2 aromatic carbocycles. The van der Waals surface area contributed by atoms with Crippen molar-refractivity contribution < 1.29 is 13.6 Å². The molecule has 3 rings (SSSR count). The van der Waals surface area contributed by atoms with E-state index in [2.05, 4.69) is 10.4 Å². The van der Waals surface area contributed by atoms with Crippen LogP contribution in [0.25, 0.3) is 11.8 Å². The summed E-state index contributed by atoms with van der Waals surface area (Å²) >= 11 is 6.39. The predicted molar refractivity (Wildman–Crippen MR) is 102 cm³/mol. The van der Waals surface area contributed by atoms with Crippen molar-refractivity contribution >= 4 is 29.3 Å². The van der Waals surface area contributed by atoms with Gasteiger partial charge in [0.2, 0.25) is 0 Å². The molecule has 0 bridgehead atoms. The van der Waals surface area contributed by atoms with Crippen LogP contribution in [0.1, 0.15) is 11.3 Å². The Morgan fingerprint density at radius 2 is 1.96 bits per heavy atom. The zero-order valence-electron chi connectivity index (χ0n) is 14.6. The van der Waals surface area contributed by atoms with Crippen LogP contribution in [0, 0.1) is 29.9 Å². The summed E-state index contributed by atoms with van der Waals surface area (Å²) in [6.07, 6.45) is 1.28. The Balaban J connectivity index is 1.94. The van der Waals surface area contributed by atoms with Gasteiger partial charge in [-0.1, -0.05) is 29.8 Å². The van der Waals surface area contributed by atoms with Crippen LogP contribution in [0.5, 0.6) is 0 Å². The normalized spacial score (nSPS) is 11.2. The molecule has 5 nitrogen and oxygen atoms in total. The second-order valence-electron chi connectivity index (χ2n) is 5.79. The van der Waals surface area contributed by atoms with Gasteiger partial charge in [-0.05, 0) is 37.3 Å². The lowest BCUT2D eigenvalue weighted by atomic mass is 10.1. The van der Waals surface area contributed by atoms with Crippen LogP contribution in [0.4, 0.5) is 14.5 Å². The first-order valence-electron chi connectivity index (χ1n) is 8.09. The molecule has 1 aromatic heterocycles. The second-order valence-corrected chi connectivity index (χ2v) is 6.14. The molecular weight excluding hydrogens is 386 g/mol. The number of rotatable bonds is 4. The van der Waals surface area contributed by atoms with Crippen molar-refractivity contribution in [1.29, 1.82) is 5.26 Å². The van der Waals surface area contributed by atoms with E-state index in [-0.39, 0.29) is 16.4 Å². The number of aromatic nitrogens is 2. The minimum absolute atomic E-state index is 0.220. The molecule has 1 amide bonds. The molecule has 8 heteroatoms. The van der Waals surface area contributed by atoms with E-state index in [9.17, 15) is 18.8 Å². The number of hydrogen-bond acceptors (Lipinski definition) is 3. The number of nitriles is 1. The zero-order chi connectivity index (χ0) is 20.3. The average Bonchev–Trinajstić information content (AvgIpc) is 2.96. The summed E-state index contributed by atoms with van der Waals surface area (Å²) in [5.41, 5.74) is 1.06. The maximum absolute atomic E-state index is 13.7. The number of amides is 1. The lowest BCUT2D eigenvalue weighted by Gasteiger charge is -2.06. The standard InChI is InChI=1S/C20H13ClF2N4O/c1-12-16(19(21)27(26-12)15-5-3-2-4-6-15)9-13(11-24)20(28)25-18-8-7-14(22)10-17(18)23/h2-10H,1H3,(H,25,28)/b13-9+. The van der Waals surface area contributed by atoms with E-state index < -0.39 is 17.5 Å². The van der Waals surface area contributed by atoms with Gasteiger partial charge in [-0.2, -0.15) is 10.4 Å². The smallest absolute Gasteiger partial charge is 0.266 e. The van der Waals surface area contributed by atoms with Gasteiger partial charge < -0.3 is 5.32 Å². The summed E-state index contributed by atoms with van der Waals surface area (Å²) in [5.74, 6) is -2.57. The number of para-hydroxylation sites is 1. The number of nitrogens with one attached hydrogen (secondary N) is 1. The Bertz CT molecular complexity index is 1120. The Morgan fingerprint density at radius 3 is 2.61 bits per heavy atom. The topological polar surface area (TPSA) is 70.7 Å². The molecule has 0 saturated heterocycles. The molecule has 0 fully saturated rings. The van der Waals surface area contributed by atoms with Gasteiger partial charge in [0, 0.05) is 11.6 Å². The van der Waals surface area contributed by atoms with E-state index in [1.54, 1.807) is 25.1 Å². The lowest BCUT2D eigenvalue weighted by molar-refractivity contribution is -0.112. The van der Waals surface area contributed by atoms with Gasteiger partial charge in [0.1, 0.15) is 28.4 Å². The number of aryl methyl sites for hydroxylation is 1. The average molecular weight is 399 g/mol. The maximum Gasteiger partial charge on any atom is 0.266 e. The molecule has 3 aromatic rings. The molecule has 1 N–H and O–H groups in total. The lowest BCUT2D eigenvalue weighted by Crippen LogP contribution is -2.14. The molecule has 1 heterocycles. The van der Waals surface area contributed by atoms with Crippen molar-refractivity contribution in [3.63, 3.8) is 0 Å². The number of hydrogen-bond donors (Lipinski definition) is 1. The summed E-state index contributed by atoms with van der Waals surface area (Å²) in [4.78, 5) is 12.4. The van der Waals surface area contributed by atoms with E-state index in [0.717, 1.165) is 12.1 Å². The summed E-state index contributed by atoms with van der Waals surface area (Å²) in [7, 11) is 0. The quantitative estimate of drug-likeness (QED) is 0.513. The largest absolute Gasteiger partial charge is 0.319 e. The van der Waals surface area contributed by atoms with Crippen LogP contribution in [-0.2, 0) is 4.79 Å². The van der Waals surface area contributed by atoms with E-state index in [1.165, 1.54) is 10.8 Å².